The molecule has 0 saturated carbocycles. The van der Waals surface area contributed by atoms with E-state index in [0.717, 1.165) is 0 Å². The molecule has 0 aliphatic rings. The van der Waals surface area contributed by atoms with Gasteiger partial charge in [-0.1, -0.05) is 18.5 Å². The SMILES string of the molecule is CCOc1ccc(S(=O)(=O)Nc2cc(OC)c(Cl)cc2OC)cc1NC(=O)CC. The lowest BCUT2D eigenvalue weighted by Gasteiger charge is -2.16. The third-order valence-electron chi connectivity index (χ3n) is 3.87. The Labute approximate surface area is 175 Å². The number of ether oxygens (including phenoxy) is 3. The Bertz CT molecular complexity index is 994. The van der Waals surface area contributed by atoms with E-state index in [1.165, 1.54) is 44.6 Å². The highest BCUT2D eigenvalue weighted by Crippen LogP contribution is 2.37. The Kier molecular flexibility index (Phi) is 7.58. The van der Waals surface area contributed by atoms with Gasteiger partial charge in [0.25, 0.3) is 10.0 Å². The highest BCUT2D eigenvalue weighted by Gasteiger charge is 2.21. The zero-order chi connectivity index (χ0) is 21.6. The monoisotopic (exact) mass is 442 g/mol. The number of nitrogens with one attached hydrogen (secondary N) is 2. The number of carbonyl (C=O) groups excluding carboxylic acids is 1. The van der Waals surface area contributed by atoms with Gasteiger partial charge in [-0.3, -0.25) is 9.52 Å². The highest BCUT2D eigenvalue weighted by atomic mass is 35.5. The smallest absolute Gasteiger partial charge is 0.262 e. The van der Waals surface area contributed by atoms with E-state index in [1.807, 2.05) is 0 Å². The van der Waals surface area contributed by atoms with Crippen LogP contribution in [0.15, 0.2) is 35.2 Å². The number of hydrogen-bond donors (Lipinski definition) is 2. The molecular formula is C19H23ClN2O6S. The summed E-state index contributed by atoms with van der Waals surface area (Å²) in [4.78, 5) is 11.7. The van der Waals surface area contributed by atoms with Gasteiger partial charge in [-0.05, 0) is 25.1 Å². The molecule has 10 heteroatoms. The van der Waals surface area contributed by atoms with Gasteiger partial charge in [0, 0.05) is 18.6 Å². The van der Waals surface area contributed by atoms with E-state index in [2.05, 4.69) is 10.0 Å². The number of hydrogen-bond acceptors (Lipinski definition) is 6. The van der Waals surface area contributed by atoms with Gasteiger partial charge in [0.1, 0.15) is 17.2 Å². The molecule has 0 bridgehead atoms. The molecule has 2 aromatic carbocycles. The minimum Gasteiger partial charge on any atom is -0.495 e. The summed E-state index contributed by atoms with van der Waals surface area (Å²) in [6.45, 7) is 3.84. The standard InChI is InChI=1S/C19H23ClN2O6S/c1-5-19(23)21-14-9-12(7-8-16(14)28-6-2)29(24,25)22-15-11-17(26-3)13(20)10-18(15)27-4/h7-11,22H,5-6H2,1-4H3,(H,21,23). The highest BCUT2D eigenvalue weighted by molar-refractivity contribution is 7.92. The molecule has 0 aromatic heterocycles. The normalized spacial score (nSPS) is 10.9. The van der Waals surface area contributed by atoms with E-state index in [-0.39, 0.29) is 45.1 Å². The van der Waals surface area contributed by atoms with Crippen LogP contribution in [0.2, 0.25) is 5.02 Å². The van der Waals surface area contributed by atoms with E-state index in [4.69, 9.17) is 25.8 Å². The van der Waals surface area contributed by atoms with Gasteiger partial charge in [-0.15, -0.1) is 0 Å². The van der Waals surface area contributed by atoms with Crippen molar-refractivity contribution in [2.24, 2.45) is 0 Å². The topological polar surface area (TPSA) is 103 Å². The van der Waals surface area contributed by atoms with Crippen molar-refractivity contribution in [3.05, 3.63) is 35.4 Å². The lowest BCUT2D eigenvalue weighted by molar-refractivity contribution is -0.115. The Morgan fingerprint density at radius 2 is 1.69 bits per heavy atom. The maximum absolute atomic E-state index is 12.9. The molecule has 8 nitrogen and oxygen atoms in total. The number of benzene rings is 2. The lowest BCUT2D eigenvalue weighted by Crippen LogP contribution is -2.16. The third kappa shape index (κ3) is 5.45. The van der Waals surface area contributed by atoms with E-state index in [0.29, 0.717) is 12.4 Å². The molecule has 0 heterocycles. The lowest BCUT2D eigenvalue weighted by atomic mass is 10.3. The van der Waals surface area contributed by atoms with Gasteiger partial charge in [0.2, 0.25) is 5.91 Å². The number of rotatable bonds is 9. The molecule has 2 aromatic rings. The fraction of sp³-hybridized carbons (Fsp3) is 0.316. The van der Waals surface area contributed by atoms with Gasteiger partial charge in [-0.2, -0.15) is 0 Å². The molecule has 0 fully saturated rings. The van der Waals surface area contributed by atoms with Crippen molar-refractivity contribution in [3.8, 4) is 17.2 Å². The van der Waals surface area contributed by atoms with Gasteiger partial charge in [0.05, 0.1) is 42.1 Å². The molecule has 0 aliphatic carbocycles. The molecular weight excluding hydrogens is 420 g/mol. The average Bonchev–Trinajstić information content (AvgIpc) is 2.69. The summed E-state index contributed by atoms with van der Waals surface area (Å²) >= 11 is 6.06. The second-order valence-electron chi connectivity index (χ2n) is 5.79. The number of anilines is 2. The Morgan fingerprint density at radius 1 is 1.00 bits per heavy atom. The van der Waals surface area contributed by atoms with Gasteiger partial charge in [-0.25, -0.2) is 8.42 Å². The summed E-state index contributed by atoms with van der Waals surface area (Å²) in [7, 11) is -1.20. The first-order valence-corrected chi connectivity index (χ1v) is 10.6. The van der Waals surface area contributed by atoms with Crippen LogP contribution < -0.4 is 24.2 Å². The van der Waals surface area contributed by atoms with Crippen molar-refractivity contribution in [2.45, 2.75) is 25.2 Å². The van der Waals surface area contributed by atoms with Crippen LogP contribution in [0.1, 0.15) is 20.3 Å². The zero-order valence-electron chi connectivity index (χ0n) is 16.5. The van der Waals surface area contributed by atoms with Crippen LogP contribution in [-0.2, 0) is 14.8 Å². The van der Waals surface area contributed by atoms with E-state index < -0.39 is 10.0 Å². The maximum atomic E-state index is 12.9. The van der Waals surface area contributed by atoms with E-state index >= 15 is 0 Å². The minimum atomic E-state index is -4.02. The predicted molar refractivity (Wildman–Crippen MR) is 112 cm³/mol. The maximum Gasteiger partial charge on any atom is 0.262 e. The first-order valence-electron chi connectivity index (χ1n) is 8.76. The predicted octanol–water partition coefficient (Wildman–Crippen LogP) is 3.91. The van der Waals surface area contributed by atoms with E-state index in [1.54, 1.807) is 13.8 Å². The Hall–Kier alpha value is -2.65. The number of sulfonamides is 1. The van der Waals surface area contributed by atoms with Gasteiger partial charge < -0.3 is 19.5 Å². The summed E-state index contributed by atoms with van der Waals surface area (Å²) < 4.78 is 44.1. The summed E-state index contributed by atoms with van der Waals surface area (Å²) in [5, 5.41) is 2.93. The number of halogens is 1. The molecule has 0 aliphatic heterocycles. The van der Waals surface area contributed by atoms with Crippen molar-refractivity contribution in [1.82, 2.24) is 0 Å². The van der Waals surface area contributed by atoms with Crippen molar-refractivity contribution in [3.63, 3.8) is 0 Å². The molecule has 0 saturated heterocycles. The van der Waals surface area contributed by atoms with Crippen molar-refractivity contribution >= 4 is 38.9 Å². The van der Waals surface area contributed by atoms with Crippen LogP contribution in [0.25, 0.3) is 0 Å². The van der Waals surface area contributed by atoms with Crippen LogP contribution in [0.4, 0.5) is 11.4 Å². The van der Waals surface area contributed by atoms with Gasteiger partial charge >= 0.3 is 0 Å². The molecule has 0 spiro atoms. The Balaban J connectivity index is 2.45. The molecule has 1 amide bonds. The number of amides is 1. The molecule has 29 heavy (non-hydrogen) atoms. The zero-order valence-corrected chi connectivity index (χ0v) is 18.1. The Morgan fingerprint density at radius 3 is 2.28 bits per heavy atom. The molecule has 0 atom stereocenters. The fourth-order valence-corrected chi connectivity index (χ4v) is 3.76. The van der Waals surface area contributed by atoms with Crippen LogP contribution in [0, 0.1) is 0 Å². The summed E-state index contributed by atoms with van der Waals surface area (Å²) in [6, 6.07) is 7.08. The number of methoxy groups -OCH3 is 2. The van der Waals surface area contributed by atoms with E-state index in [9.17, 15) is 13.2 Å². The first-order chi connectivity index (χ1) is 13.7. The van der Waals surface area contributed by atoms with Gasteiger partial charge in [0.15, 0.2) is 0 Å². The minimum absolute atomic E-state index is 0.0664. The molecule has 2 N–H and O–H groups in total. The number of carbonyl (C=O) groups is 1. The summed E-state index contributed by atoms with van der Waals surface area (Å²) in [6.07, 6.45) is 0.239. The summed E-state index contributed by atoms with van der Waals surface area (Å²) in [5.74, 6) is 0.620. The van der Waals surface area contributed by atoms with Crippen LogP contribution in [-0.4, -0.2) is 35.2 Å². The quantitative estimate of drug-likeness (QED) is 0.610. The summed E-state index contributed by atoms with van der Waals surface area (Å²) in [5.41, 5.74) is 0.420. The molecule has 158 valence electrons. The largest absolute Gasteiger partial charge is 0.495 e. The molecule has 2 rings (SSSR count). The fourth-order valence-electron chi connectivity index (χ4n) is 2.44. The van der Waals surface area contributed by atoms with Crippen LogP contribution >= 0.6 is 11.6 Å². The van der Waals surface area contributed by atoms with Crippen LogP contribution in [0.5, 0.6) is 17.2 Å². The third-order valence-corrected chi connectivity index (χ3v) is 5.53. The first kappa shape index (κ1) is 22.6. The van der Waals surface area contributed by atoms with Crippen molar-refractivity contribution in [2.75, 3.05) is 30.9 Å². The second-order valence-corrected chi connectivity index (χ2v) is 7.87. The average molecular weight is 443 g/mol. The second kappa shape index (κ2) is 9.71. The van der Waals surface area contributed by atoms with Crippen LogP contribution in [0.3, 0.4) is 0 Å². The molecule has 0 radical (unpaired) electrons. The van der Waals surface area contributed by atoms with Crippen molar-refractivity contribution < 1.29 is 27.4 Å². The van der Waals surface area contributed by atoms with Crippen molar-refractivity contribution in [1.29, 1.82) is 0 Å². The molecule has 0 unspecified atom stereocenters.